The van der Waals surface area contributed by atoms with Crippen molar-refractivity contribution in [2.24, 2.45) is 0 Å². The first-order valence-corrected chi connectivity index (χ1v) is 13.8. The highest BCUT2D eigenvalue weighted by molar-refractivity contribution is 7.92. The number of carbonyl (C=O) groups is 2. The first-order chi connectivity index (χ1) is 17.5. The van der Waals surface area contributed by atoms with Crippen molar-refractivity contribution < 1.29 is 27.5 Å². The van der Waals surface area contributed by atoms with Crippen LogP contribution >= 0.6 is 11.3 Å². The van der Waals surface area contributed by atoms with Gasteiger partial charge in [-0.15, -0.1) is 10.2 Å². The van der Waals surface area contributed by atoms with E-state index in [1.54, 1.807) is 31.2 Å². The molecule has 1 N–H and O–H groups in total. The van der Waals surface area contributed by atoms with Crippen LogP contribution in [0, 0.1) is 11.3 Å². The van der Waals surface area contributed by atoms with Crippen molar-refractivity contribution in [1.29, 1.82) is 5.26 Å². The zero-order valence-electron chi connectivity index (χ0n) is 20.5. The summed E-state index contributed by atoms with van der Waals surface area (Å²) in [6.07, 6.45) is 2.28. The molecule has 0 fully saturated rings. The van der Waals surface area contributed by atoms with Gasteiger partial charge < -0.3 is 9.47 Å². The summed E-state index contributed by atoms with van der Waals surface area (Å²) in [6, 6.07) is 13.5. The SMILES string of the molecule is CCOc1cc(C=C(C#N)C(=O)Nc2nnc(S(C)(=O)=O)s2)ccc1OC(=O)c1ccc(C(C)C)cc1. The lowest BCUT2D eigenvalue weighted by atomic mass is 10.0. The third-order valence-corrected chi connectivity index (χ3v) is 7.41. The second kappa shape index (κ2) is 11.8. The van der Waals surface area contributed by atoms with Gasteiger partial charge in [-0.25, -0.2) is 13.2 Å². The molecule has 0 spiro atoms. The minimum absolute atomic E-state index is 0.0646. The van der Waals surface area contributed by atoms with Crippen LogP contribution < -0.4 is 14.8 Å². The molecule has 0 aliphatic rings. The summed E-state index contributed by atoms with van der Waals surface area (Å²) in [7, 11) is -3.57. The van der Waals surface area contributed by atoms with Gasteiger partial charge in [0.05, 0.1) is 12.2 Å². The van der Waals surface area contributed by atoms with E-state index in [1.807, 2.05) is 12.1 Å². The van der Waals surface area contributed by atoms with E-state index in [2.05, 4.69) is 29.4 Å². The van der Waals surface area contributed by atoms with Crippen LogP contribution in [0.2, 0.25) is 0 Å². The number of hydrogen-bond acceptors (Lipinski definition) is 10. The van der Waals surface area contributed by atoms with Gasteiger partial charge in [-0.1, -0.05) is 43.4 Å². The minimum atomic E-state index is -3.57. The fraction of sp³-hybridized carbons (Fsp3) is 0.240. The fourth-order valence-electron chi connectivity index (χ4n) is 3.02. The molecule has 1 amide bonds. The average molecular weight is 541 g/mol. The van der Waals surface area contributed by atoms with Crippen LogP contribution in [0.1, 0.15) is 48.2 Å². The van der Waals surface area contributed by atoms with Gasteiger partial charge in [-0.3, -0.25) is 10.1 Å². The third kappa shape index (κ3) is 7.22. The maximum atomic E-state index is 12.7. The molecule has 0 aliphatic heterocycles. The Morgan fingerprint density at radius 3 is 2.41 bits per heavy atom. The third-order valence-electron chi connectivity index (χ3n) is 4.90. The van der Waals surface area contributed by atoms with Crippen LogP contribution in [0.5, 0.6) is 11.5 Å². The number of nitrogens with one attached hydrogen (secondary N) is 1. The van der Waals surface area contributed by atoms with Crippen LogP contribution in [-0.2, 0) is 14.6 Å². The number of benzene rings is 2. The predicted molar refractivity (Wildman–Crippen MR) is 138 cm³/mol. The average Bonchev–Trinajstić information content (AvgIpc) is 3.33. The van der Waals surface area contributed by atoms with Crippen molar-refractivity contribution in [3.8, 4) is 17.6 Å². The van der Waals surface area contributed by atoms with Crippen LogP contribution in [0.4, 0.5) is 5.13 Å². The molecule has 0 saturated carbocycles. The Labute approximate surface area is 218 Å². The quantitative estimate of drug-likeness (QED) is 0.138. The van der Waals surface area contributed by atoms with E-state index in [0.717, 1.165) is 11.8 Å². The van der Waals surface area contributed by atoms with E-state index in [-0.39, 0.29) is 33.2 Å². The molecule has 0 saturated heterocycles. The highest BCUT2D eigenvalue weighted by Crippen LogP contribution is 2.30. The minimum Gasteiger partial charge on any atom is -0.490 e. The van der Waals surface area contributed by atoms with E-state index in [0.29, 0.717) is 28.4 Å². The number of aromatic nitrogens is 2. The molecule has 0 aliphatic carbocycles. The number of carbonyl (C=O) groups excluding carboxylic acids is 2. The maximum Gasteiger partial charge on any atom is 0.343 e. The number of sulfone groups is 1. The maximum absolute atomic E-state index is 12.7. The summed E-state index contributed by atoms with van der Waals surface area (Å²) >= 11 is 0.672. The fourth-order valence-corrected chi connectivity index (χ4v) is 4.52. The van der Waals surface area contributed by atoms with Gasteiger partial charge >= 0.3 is 5.97 Å². The molecule has 0 bridgehead atoms. The Kier molecular flexibility index (Phi) is 8.75. The molecule has 3 aromatic rings. The number of hydrogen-bond donors (Lipinski definition) is 1. The largest absolute Gasteiger partial charge is 0.490 e. The second-order valence-electron chi connectivity index (χ2n) is 8.07. The number of nitrogens with zero attached hydrogens (tertiary/aromatic N) is 3. The normalized spacial score (nSPS) is 11.6. The van der Waals surface area contributed by atoms with Gasteiger partial charge in [0.2, 0.25) is 19.3 Å². The Morgan fingerprint density at radius 2 is 1.84 bits per heavy atom. The standard InChI is InChI=1S/C25H24N4O6S2/c1-5-34-21-13-16(6-11-20(21)35-23(31)18-9-7-17(8-10-18)15(2)3)12-19(14-26)22(30)27-24-28-29-25(36-24)37(4,32)33/h6-13,15H,5H2,1-4H3,(H,27,28,30). The Bertz CT molecular complexity index is 1490. The van der Waals surface area contributed by atoms with Crippen molar-refractivity contribution in [3.05, 3.63) is 64.7 Å². The van der Waals surface area contributed by atoms with Crippen LogP contribution in [0.3, 0.4) is 0 Å². The summed E-state index contributed by atoms with van der Waals surface area (Å²) < 4.78 is 34.0. The number of esters is 1. The lowest BCUT2D eigenvalue weighted by Crippen LogP contribution is -2.13. The molecule has 1 heterocycles. The molecule has 1 aromatic heterocycles. The zero-order valence-corrected chi connectivity index (χ0v) is 22.1. The second-order valence-corrected chi connectivity index (χ2v) is 11.2. The van der Waals surface area contributed by atoms with Crippen molar-refractivity contribution in [3.63, 3.8) is 0 Å². The summed E-state index contributed by atoms with van der Waals surface area (Å²) in [5, 5.41) is 18.9. The first kappa shape index (κ1) is 27.5. The van der Waals surface area contributed by atoms with Crippen LogP contribution in [0.15, 0.2) is 52.4 Å². The molecule has 0 atom stereocenters. The van der Waals surface area contributed by atoms with E-state index in [4.69, 9.17) is 9.47 Å². The molecule has 3 rings (SSSR count). The Hall–Kier alpha value is -4.08. The Balaban J connectivity index is 1.80. The molecule has 192 valence electrons. The summed E-state index contributed by atoms with van der Waals surface area (Å²) in [6.45, 7) is 6.17. The number of rotatable bonds is 9. The lowest BCUT2D eigenvalue weighted by molar-refractivity contribution is -0.112. The van der Waals surface area contributed by atoms with Crippen molar-refractivity contribution >= 4 is 44.3 Å². The van der Waals surface area contributed by atoms with Gasteiger partial charge in [-0.05, 0) is 54.3 Å². The van der Waals surface area contributed by atoms with Crippen molar-refractivity contribution in [2.75, 3.05) is 18.2 Å². The van der Waals surface area contributed by atoms with E-state index in [9.17, 15) is 23.3 Å². The topological polar surface area (TPSA) is 148 Å². The van der Waals surface area contributed by atoms with Gasteiger partial charge in [0.25, 0.3) is 5.91 Å². The van der Waals surface area contributed by atoms with Gasteiger partial charge in [0.15, 0.2) is 11.5 Å². The zero-order chi connectivity index (χ0) is 27.2. The highest BCUT2D eigenvalue weighted by atomic mass is 32.2. The van der Waals surface area contributed by atoms with E-state index in [1.165, 1.54) is 18.2 Å². The molecule has 37 heavy (non-hydrogen) atoms. The molecule has 2 aromatic carbocycles. The Morgan fingerprint density at radius 1 is 1.14 bits per heavy atom. The molecular weight excluding hydrogens is 516 g/mol. The highest BCUT2D eigenvalue weighted by Gasteiger charge is 2.18. The van der Waals surface area contributed by atoms with Gasteiger partial charge in [0.1, 0.15) is 11.6 Å². The number of amides is 1. The molecular formula is C25H24N4O6S2. The number of ether oxygens (including phenoxy) is 2. The molecule has 10 nitrogen and oxygen atoms in total. The van der Waals surface area contributed by atoms with Crippen LogP contribution in [-0.4, -0.2) is 43.4 Å². The predicted octanol–water partition coefficient (Wildman–Crippen LogP) is 4.23. The van der Waals surface area contributed by atoms with Crippen molar-refractivity contribution in [2.45, 2.75) is 31.0 Å². The van der Waals surface area contributed by atoms with Gasteiger partial charge in [0, 0.05) is 6.26 Å². The number of nitriles is 1. The summed E-state index contributed by atoms with van der Waals surface area (Å²) in [5.41, 5.74) is 1.65. The van der Waals surface area contributed by atoms with E-state index >= 15 is 0 Å². The first-order valence-electron chi connectivity index (χ1n) is 11.1. The van der Waals surface area contributed by atoms with Gasteiger partial charge in [-0.2, -0.15) is 5.26 Å². The van der Waals surface area contributed by atoms with E-state index < -0.39 is 21.7 Å². The smallest absolute Gasteiger partial charge is 0.343 e. The molecule has 12 heteroatoms. The molecule has 0 unspecified atom stereocenters. The monoisotopic (exact) mass is 540 g/mol. The van der Waals surface area contributed by atoms with Crippen molar-refractivity contribution in [1.82, 2.24) is 10.2 Å². The number of anilines is 1. The summed E-state index contributed by atoms with van der Waals surface area (Å²) in [5.74, 6) is -0.581. The molecule has 0 radical (unpaired) electrons. The van der Waals surface area contributed by atoms with Crippen LogP contribution in [0.25, 0.3) is 6.08 Å². The summed E-state index contributed by atoms with van der Waals surface area (Å²) in [4.78, 5) is 25.2. The lowest BCUT2D eigenvalue weighted by Gasteiger charge is -2.12.